The van der Waals surface area contributed by atoms with Gasteiger partial charge in [-0.15, -0.1) is 0 Å². The smallest absolute Gasteiger partial charge is 0.271 e. The number of anilines is 1. The van der Waals surface area contributed by atoms with Gasteiger partial charge in [0.15, 0.2) is 0 Å². The molecule has 6 nitrogen and oxygen atoms in total. The van der Waals surface area contributed by atoms with Crippen LogP contribution in [-0.4, -0.2) is 22.5 Å². The molecular weight excluding hydrogens is 387 g/mol. The van der Waals surface area contributed by atoms with Crippen molar-refractivity contribution in [2.45, 2.75) is 13.3 Å². The zero-order valence-electron chi connectivity index (χ0n) is 13.0. The molecule has 0 aliphatic rings. The minimum Gasteiger partial charge on any atom is -0.324 e. The molecule has 2 aromatic rings. The number of nitrogens with zero attached hydrogens (tertiary/aromatic N) is 2. The highest BCUT2D eigenvalue weighted by molar-refractivity contribution is 6.44. The zero-order valence-corrected chi connectivity index (χ0v) is 15.3. The van der Waals surface area contributed by atoms with Gasteiger partial charge in [-0.2, -0.15) is 5.10 Å². The van der Waals surface area contributed by atoms with Crippen molar-refractivity contribution in [2.24, 2.45) is 5.10 Å². The van der Waals surface area contributed by atoms with Crippen LogP contribution in [0.25, 0.3) is 0 Å². The number of benzene rings is 1. The lowest BCUT2D eigenvalue weighted by molar-refractivity contribution is -0.115. The van der Waals surface area contributed by atoms with Crippen LogP contribution in [-0.2, 0) is 4.79 Å². The molecule has 0 fully saturated rings. The maximum atomic E-state index is 12.0. The van der Waals surface area contributed by atoms with Crippen LogP contribution in [0.5, 0.6) is 0 Å². The number of rotatable bonds is 5. The van der Waals surface area contributed by atoms with Crippen LogP contribution in [0.2, 0.25) is 15.1 Å². The number of hydrogen-bond donors (Lipinski definition) is 2. The Morgan fingerprint density at radius 1 is 1.08 bits per heavy atom. The summed E-state index contributed by atoms with van der Waals surface area (Å²) in [6.45, 7) is 1.61. The zero-order chi connectivity index (χ0) is 18.4. The fourth-order valence-corrected chi connectivity index (χ4v) is 2.39. The Morgan fingerprint density at radius 2 is 1.72 bits per heavy atom. The fourth-order valence-electron chi connectivity index (χ4n) is 1.80. The second kappa shape index (κ2) is 8.80. The van der Waals surface area contributed by atoms with Crippen LogP contribution in [0.4, 0.5) is 5.69 Å². The number of halogens is 3. The molecule has 2 rings (SSSR count). The molecule has 0 atom stereocenters. The average molecular weight is 400 g/mol. The summed E-state index contributed by atoms with van der Waals surface area (Å²) in [4.78, 5) is 27.7. The van der Waals surface area contributed by atoms with E-state index in [1.165, 1.54) is 24.5 Å². The van der Waals surface area contributed by atoms with Gasteiger partial charge >= 0.3 is 0 Å². The molecule has 2 N–H and O–H groups in total. The maximum Gasteiger partial charge on any atom is 0.271 e. The van der Waals surface area contributed by atoms with Gasteiger partial charge in [0, 0.05) is 23.7 Å². The third-order valence-electron chi connectivity index (χ3n) is 2.99. The molecule has 0 unspecified atom stereocenters. The number of pyridine rings is 1. The first-order valence-corrected chi connectivity index (χ1v) is 8.18. The van der Waals surface area contributed by atoms with E-state index in [0.29, 0.717) is 22.0 Å². The highest BCUT2D eigenvalue weighted by Gasteiger charge is 2.11. The molecule has 25 heavy (non-hydrogen) atoms. The van der Waals surface area contributed by atoms with Crippen molar-refractivity contribution in [2.75, 3.05) is 5.32 Å². The SMILES string of the molecule is CC(CC(=O)Nc1cc(Cl)c(Cl)cc1Cl)=NNC(=O)c1ccncc1. The Hall–Kier alpha value is -2.15. The van der Waals surface area contributed by atoms with Crippen LogP contribution in [0.15, 0.2) is 41.8 Å². The molecule has 9 heteroatoms. The molecule has 0 radical (unpaired) electrons. The highest BCUT2D eigenvalue weighted by atomic mass is 35.5. The van der Waals surface area contributed by atoms with Gasteiger partial charge in [-0.1, -0.05) is 34.8 Å². The first kappa shape index (κ1) is 19.2. The maximum absolute atomic E-state index is 12.0. The van der Waals surface area contributed by atoms with Crippen LogP contribution in [0.1, 0.15) is 23.7 Å². The predicted octanol–water partition coefficient (Wildman–Crippen LogP) is 4.18. The highest BCUT2D eigenvalue weighted by Crippen LogP contribution is 2.32. The van der Waals surface area contributed by atoms with E-state index in [9.17, 15) is 9.59 Å². The molecule has 0 bridgehead atoms. The second-order valence-corrected chi connectivity index (χ2v) is 6.22. The monoisotopic (exact) mass is 398 g/mol. The van der Waals surface area contributed by atoms with E-state index in [0.717, 1.165) is 0 Å². The van der Waals surface area contributed by atoms with Crippen LogP contribution >= 0.6 is 34.8 Å². The Morgan fingerprint density at radius 3 is 2.40 bits per heavy atom. The molecule has 130 valence electrons. The number of nitrogens with one attached hydrogen (secondary N) is 2. The first-order chi connectivity index (χ1) is 11.9. The van der Waals surface area contributed by atoms with Crippen LogP contribution in [0, 0.1) is 0 Å². The predicted molar refractivity (Wildman–Crippen MR) is 99.5 cm³/mol. The van der Waals surface area contributed by atoms with Gasteiger partial charge in [0.2, 0.25) is 5.91 Å². The van der Waals surface area contributed by atoms with Crippen molar-refractivity contribution < 1.29 is 9.59 Å². The molecule has 1 heterocycles. The van der Waals surface area contributed by atoms with Crippen molar-refractivity contribution in [3.05, 3.63) is 57.3 Å². The van der Waals surface area contributed by atoms with Gasteiger partial charge in [-0.05, 0) is 31.2 Å². The van der Waals surface area contributed by atoms with E-state index < -0.39 is 5.91 Å². The standard InChI is InChI=1S/C16H13Cl3N4O2/c1-9(22-23-16(25)10-2-4-20-5-3-10)6-15(24)21-14-8-12(18)11(17)7-13(14)19/h2-5,7-8H,6H2,1H3,(H,21,24)(H,23,25). The van der Waals surface area contributed by atoms with Crippen molar-refractivity contribution in [3.8, 4) is 0 Å². The van der Waals surface area contributed by atoms with Gasteiger partial charge in [0.1, 0.15) is 0 Å². The lowest BCUT2D eigenvalue weighted by atomic mass is 10.2. The summed E-state index contributed by atoms with van der Waals surface area (Å²) in [6.07, 6.45) is 2.97. The van der Waals surface area contributed by atoms with E-state index in [-0.39, 0.29) is 22.4 Å². The summed E-state index contributed by atoms with van der Waals surface area (Å²) in [6, 6.07) is 6.01. The summed E-state index contributed by atoms with van der Waals surface area (Å²) >= 11 is 17.7. The molecule has 0 aliphatic heterocycles. The van der Waals surface area contributed by atoms with Gasteiger partial charge in [0.25, 0.3) is 5.91 Å². The number of amides is 2. The van der Waals surface area contributed by atoms with Crippen molar-refractivity contribution in [1.82, 2.24) is 10.4 Å². The summed E-state index contributed by atoms with van der Waals surface area (Å²) in [5.74, 6) is -0.755. The second-order valence-electron chi connectivity index (χ2n) is 5.00. The van der Waals surface area contributed by atoms with Gasteiger partial charge in [-0.25, -0.2) is 5.43 Å². The molecule has 1 aromatic heterocycles. The van der Waals surface area contributed by atoms with Crippen molar-refractivity contribution in [1.29, 1.82) is 0 Å². The Labute approximate surface area is 159 Å². The Kier molecular flexibility index (Phi) is 6.75. The number of hydrogen-bond acceptors (Lipinski definition) is 4. The first-order valence-electron chi connectivity index (χ1n) is 7.04. The minimum absolute atomic E-state index is 0.0345. The van der Waals surface area contributed by atoms with E-state index in [1.807, 2.05) is 0 Å². The third-order valence-corrected chi connectivity index (χ3v) is 4.03. The average Bonchev–Trinajstić information content (AvgIpc) is 2.58. The quantitative estimate of drug-likeness (QED) is 0.449. The van der Waals surface area contributed by atoms with E-state index in [4.69, 9.17) is 34.8 Å². The van der Waals surface area contributed by atoms with Crippen LogP contribution < -0.4 is 10.7 Å². The van der Waals surface area contributed by atoms with Gasteiger partial charge in [0.05, 0.1) is 27.2 Å². The number of carbonyl (C=O) groups is 2. The Bertz CT molecular complexity index is 826. The molecule has 0 aliphatic carbocycles. The molecule has 0 saturated carbocycles. The summed E-state index contributed by atoms with van der Waals surface area (Å²) in [5.41, 5.74) is 3.54. The number of hydrazone groups is 1. The van der Waals surface area contributed by atoms with E-state index in [2.05, 4.69) is 20.8 Å². The summed E-state index contributed by atoms with van der Waals surface area (Å²) < 4.78 is 0. The number of aromatic nitrogens is 1. The topological polar surface area (TPSA) is 83.5 Å². The number of carbonyl (C=O) groups excluding carboxylic acids is 2. The molecule has 0 spiro atoms. The Balaban J connectivity index is 1.94. The summed E-state index contributed by atoms with van der Waals surface area (Å²) in [7, 11) is 0. The van der Waals surface area contributed by atoms with Gasteiger partial charge in [-0.3, -0.25) is 14.6 Å². The van der Waals surface area contributed by atoms with Gasteiger partial charge < -0.3 is 5.32 Å². The molecular formula is C16H13Cl3N4O2. The summed E-state index contributed by atoms with van der Waals surface area (Å²) in [5, 5.41) is 7.34. The van der Waals surface area contributed by atoms with Crippen LogP contribution in [0.3, 0.4) is 0 Å². The lowest BCUT2D eigenvalue weighted by Crippen LogP contribution is -2.21. The third kappa shape index (κ3) is 5.70. The largest absolute Gasteiger partial charge is 0.324 e. The molecule has 2 amide bonds. The minimum atomic E-state index is -0.394. The van der Waals surface area contributed by atoms with E-state index >= 15 is 0 Å². The normalized spacial score (nSPS) is 11.1. The van der Waals surface area contributed by atoms with E-state index in [1.54, 1.807) is 19.1 Å². The lowest BCUT2D eigenvalue weighted by Gasteiger charge is -2.09. The van der Waals surface area contributed by atoms with Crippen molar-refractivity contribution in [3.63, 3.8) is 0 Å². The fraction of sp³-hybridized carbons (Fsp3) is 0.125. The molecule has 1 aromatic carbocycles. The molecule has 0 saturated heterocycles. The van der Waals surface area contributed by atoms with Crippen molar-refractivity contribution >= 4 is 58.0 Å².